The highest BCUT2D eigenvalue weighted by Gasteiger charge is 2.27. The second-order valence-corrected chi connectivity index (χ2v) is 3.50. The van der Waals surface area contributed by atoms with E-state index in [1.54, 1.807) is 18.2 Å². The smallest absolute Gasteiger partial charge is 0.337 e. The Labute approximate surface area is 87.2 Å². The molecule has 0 saturated carbocycles. The molecular weight excluding hydrogens is 194 g/mol. The maximum atomic E-state index is 11.4. The molecule has 1 N–H and O–H groups in total. The number of benzene rings is 1. The third-order valence-corrected chi connectivity index (χ3v) is 2.59. The molecule has 1 heterocycles. The molecular formula is C11H11NO3. The number of hydrogen-bond donors (Lipinski definition) is 1. The van der Waals surface area contributed by atoms with Crippen molar-refractivity contribution in [2.24, 2.45) is 0 Å². The van der Waals surface area contributed by atoms with Crippen LogP contribution in [0.25, 0.3) is 0 Å². The van der Waals surface area contributed by atoms with Gasteiger partial charge >= 0.3 is 5.97 Å². The molecule has 1 aromatic rings. The van der Waals surface area contributed by atoms with Crippen LogP contribution in [0.1, 0.15) is 28.8 Å². The Morgan fingerprint density at radius 2 is 2.20 bits per heavy atom. The molecule has 4 heteroatoms. The van der Waals surface area contributed by atoms with Gasteiger partial charge in [0.05, 0.1) is 18.6 Å². The summed E-state index contributed by atoms with van der Waals surface area (Å²) in [6, 6.07) is 5.07. The first-order valence-corrected chi connectivity index (χ1v) is 4.66. The van der Waals surface area contributed by atoms with Gasteiger partial charge in [0.25, 0.3) is 0 Å². The lowest BCUT2D eigenvalue weighted by molar-refractivity contribution is -0.116. The molecule has 1 atom stereocenters. The Hall–Kier alpha value is -1.84. The quantitative estimate of drug-likeness (QED) is 0.707. The van der Waals surface area contributed by atoms with Gasteiger partial charge in [-0.3, -0.25) is 4.79 Å². The molecule has 15 heavy (non-hydrogen) atoms. The summed E-state index contributed by atoms with van der Waals surface area (Å²) in [4.78, 5) is 22.6. The zero-order valence-corrected chi connectivity index (χ0v) is 8.53. The highest BCUT2D eigenvalue weighted by Crippen LogP contribution is 2.32. The lowest BCUT2D eigenvalue weighted by Gasteiger charge is -2.03. The van der Waals surface area contributed by atoms with Crippen molar-refractivity contribution in [3.63, 3.8) is 0 Å². The molecule has 0 fully saturated rings. The fraction of sp³-hybridized carbons (Fsp3) is 0.273. The van der Waals surface area contributed by atoms with Gasteiger partial charge in [0.2, 0.25) is 5.91 Å². The molecule has 1 aliphatic rings. The maximum Gasteiger partial charge on any atom is 0.337 e. The minimum absolute atomic E-state index is 0.0352. The van der Waals surface area contributed by atoms with Crippen molar-refractivity contribution in [1.29, 1.82) is 0 Å². The maximum absolute atomic E-state index is 11.4. The molecule has 2 rings (SSSR count). The molecule has 0 spiro atoms. The third-order valence-electron chi connectivity index (χ3n) is 2.59. The van der Waals surface area contributed by atoms with Gasteiger partial charge in [-0.25, -0.2) is 4.79 Å². The summed E-state index contributed by atoms with van der Waals surface area (Å²) in [6.45, 7) is 1.81. The van der Waals surface area contributed by atoms with Crippen LogP contribution in [0.4, 0.5) is 5.69 Å². The minimum atomic E-state index is -0.385. The Morgan fingerprint density at radius 1 is 1.47 bits per heavy atom. The van der Waals surface area contributed by atoms with Crippen molar-refractivity contribution in [1.82, 2.24) is 0 Å². The normalized spacial score (nSPS) is 18.3. The first-order chi connectivity index (χ1) is 7.13. The fourth-order valence-electron chi connectivity index (χ4n) is 1.66. The Kier molecular flexibility index (Phi) is 2.19. The first-order valence-electron chi connectivity index (χ1n) is 4.66. The highest BCUT2D eigenvalue weighted by molar-refractivity contribution is 6.03. The Bertz CT molecular complexity index is 439. The van der Waals surface area contributed by atoms with E-state index in [9.17, 15) is 9.59 Å². The van der Waals surface area contributed by atoms with Crippen LogP contribution in [0.2, 0.25) is 0 Å². The lowest BCUT2D eigenvalue weighted by atomic mass is 10.0. The average molecular weight is 205 g/mol. The summed E-state index contributed by atoms with van der Waals surface area (Å²) >= 11 is 0. The SMILES string of the molecule is COC(=O)c1ccc2c(c1)[C@@H](C)C(=O)N2. The molecule has 0 aromatic heterocycles. The Balaban J connectivity index is 2.44. The van der Waals surface area contributed by atoms with Crippen molar-refractivity contribution in [2.75, 3.05) is 12.4 Å². The predicted octanol–water partition coefficient (Wildman–Crippen LogP) is 1.53. The number of rotatable bonds is 1. The number of carbonyl (C=O) groups excluding carboxylic acids is 2. The first kappa shape index (κ1) is 9.71. The topological polar surface area (TPSA) is 55.4 Å². The number of esters is 1. The van der Waals surface area contributed by atoms with Gasteiger partial charge in [0.15, 0.2) is 0 Å². The summed E-state index contributed by atoms with van der Waals surface area (Å²) < 4.78 is 4.61. The van der Waals surface area contributed by atoms with Gasteiger partial charge in [-0.2, -0.15) is 0 Å². The van der Waals surface area contributed by atoms with Crippen LogP contribution >= 0.6 is 0 Å². The summed E-state index contributed by atoms with van der Waals surface area (Å²) in [5, 5.41) is 2.74. The van der Waals surface area contributed by atoms with Crippen molar-refractivity contribution in [3.05, 3.63) is 29.3 Å². The lowest BCUT2D eigenvalue weighted by Crippen LogP contribution is -2.08. The highest BCUT2D eigenvalue weighted by atomic mass is 16.5. The molecule has 0 bridgehead atoms. The van der Waals surface area contributed by atoms with Crippen LogP contribution in [-0.4, -0.2) is 19.0 Å². The van der Waals surface area contributed by atoms with Crippen LogP contribution in [0.3, 0.4) is 0 Å². The number of fused-ring (bicyclic) bond motifs is 1. The second-order valence-electron chi connectivity index (χ2n) is 3.50. The molecule has 1 aliphatic heterocycles. The number of anilines is 1. The van der Waals surface area contributed by atoms with E-state index in [1.807, 2.05) is 6.92 Å². The van der Waals surface area contributed by atoms with E-state index >= 15 is 0 Å². The van der Waals surface area contributed by atoms with Crippen LogP contribution < -0.4 is 5.32 Å². The predicted molar refractivity (Wildman–Crippen MR) is 54.8 cm³/mol. The number of ether oxygens (including phenoxy) is 1. The summed E-state index contributed by atoms with van der Waals surface area (Å²) in [7, 11) is 1.34. The summed E-state index contributed by atoms with van der Waals surface area (Å²) in [6.07, 6.45) is 0. The molecule has 0 aliphatic carbocycles. The van der Waals surface area contributed by atoms with E-state index in [0.717, 1.165) is 11.3 Å². The van der Waals surface area contributed by atoms with Gasteiger partial charge in [0, 0.05) is 5.69 Å². The van der Waals surface area contributed by atoms with Crippen molar-refractivity contribution in [3.8, 4) is 0 Å². The monoisotopic (exact) mass is 205 g/mol. The number of nitrogens with one attached hydrogen (secondary N) is 1. The van der Waals surface area contributed by atoms with E-state index in [-0.39, 0.29) is 17.8 Å². The van der Waals surface area contributed by atoms with Gasteiger partial charge < -0.3 is 10.1 Å². The van der Waals surface area contributed by atoms with E-state index in [0.29, 0.717) is 5.56 Å². The zero-order valence-electron chi connectivity index (χ0n) is 8.53. The van der Waals surface area contributed by atoms with Gasteiger partial charge in [0.1, 0.15) is 0 Å². The third kappa shape index (κ3) is 1.48. The average Bonchev–Trinajstić information content (AvgIpc) is 2.54. The molecule has 0 radical (unpaired) electrons. The van der Waals surface area contributed by atoms with Crippen LogP contribution in [0, 0.1) is 0 Å². The van der Waals surface area contributed by atoms with Crippen molar-refractivity contribution >= 4 is 17.6 Å². The molecule has 1 aromatic carbocycles. The Morgan fingerprint density at radius 3 is 2.87 bits per heavy atom. The number of carbonyl (C=O) groups is 2. The molecule has 0 saturated heterocycles. The largest absolute Gasteiger partial charge is 0.465 e. The molecule has 1 amide bonds. The van der Waals surface area contributed by atoms with E-state index in [2.05, 4.69) is 10.1 Å². The molecule has 4 nitrogen and oxygen atoms in total. The van der Waals surface area contributed by atoms with Crippen molar-refractivity contribution < 1.29 is 14.3 Å². The van der Waals surface area contributed by atoms with Crippen LogP contribution in [-0.2, 0) is 9.53 Å². The number of amides is 1. The van der Waals surface area contributed by atoms with Crippen LogP contribution in [0.15, 0.2) is 18.2 Å². The summed E-state index contributed by atoms with van der Waals surface area (Å²) in [5.74, 6) is -0.624. The van der Waals surface area contributed by atoms with Gasteiger partial charge in [-0.1, -0.05) is 0 Å². The van der Waals surface area contributed by atoms with E-state index in [4.69, 9.17) is 0 Å². The number of hydrogen-bond acceptors (Lipinski definition) is 3. The van der Waals surface area contributed by atoms with Gasteiger partial charge in [-0.05, 0) is 30.7 Å². The summed E-state index contributed by atoms with van der Waals surface area (Å²) in [5.41, 5.74) is 2.10. The standard InChI is InChI=1S/C11H11NO3/c1-6-8-5-7(11(14)15-2)3-4-9(8)12-10(6)13/h3-6H,1-2H3,(H,12,13)/t6-/m1/s1. The number of methoxy groups -OCH3 is 1. The minimum Gasteiger partial charge on any atom is -0.465 e. The van der Waals surface area contributed by atoms with Gasteiger partial charge in [-0.15, -0.1) is 0 Å². The second kappa shape index (κ2) is 3.38. The molecule has 0 unspecified atom stereocenters. The van der Waals surface area contributed by atoms with E-state index in [1.165, 1.54) is 7.11 Å². The zero-order chi connectivity index (χ0) is 11.0. The molecule has 78 valence electrons. The van der Waals surface area contributed by atoms with Crippen molar-refractivity contribution in [2.45, 2.75) is 12.8 Å². The van der Waals surface area contributed by atoms with Crippen LogP contribution in [0.5, 0.6) is 0 Å². The fourth-order valence-corrected chi connectivity index (χ4v) is 1.66. The van der Waals surface area contributed by atoms with E-state index < -0.39 is 0 Å².